The van der Waals surface area contributed by atoms with Gasteiger partial charge in [0.2, 0.25) is 5.91 Å². The van der Waals surface area contributed by atoms with E-state index in [2.05, 4.69) is 5.32 Å². The maximum atomic E-state index is 12.2. The zero-order valence-corrected chi connectivity index (χ0v) is 14.4. The first kappa shape index (κ1) is 16.8. The van der Waals surface area contributed by atoms with Crippen LogP contribution in [0.2, 0.25) is 0 Å². The van der Waals surface area contributed by atoms with Crippen LogP contribution < -0.4 is 5.32 Å². The van der Waals surface area contributed by atoms with E-state index >= 15 is 0 Å². The van der Waals surface area contributed by atoms with Crippen LogP contribution in [0.15, 0.2) is 29.2 Å². The van der Waals surface area contributed by atoms with Crippen molar-refractivity contribution in [2.24, 2.45) is 0 Å². The van der Waals surface area contributed by atoms with E-state index in [1.165, 1.54) is 0 Å². The van der Waals surface area contributed by atoms with Crippen LogP contribution in [0.4, 0.5) is 5.69 Å². The minimum atomic E-state index is -3.29. The zero-order chi connectivity index (χ0) is 16.5. The quantitative estimate of drug-likeness (QED) is 0.923. The summed E-state index contributed by atoms with van der Waals surface area (Å²) in [5.74, 6) is 0.157. The third kappa shape index (κ3) is 3.43. The Hall–Kier alpha value is -1.56. The summed E-state index contributed by atoms with van der Waals surface area (Å²) in [6, 6.07) is 6.82. The molecule has 1 saturated heterocycles. The van der Waals surface area contributed by atoms with Gasteiger partial charge in [0.15, 0.2) is 9.84 Å². The minimum absolute atomic E-state index is 0.0589. The van der Waals surface area contributed by atoms with Crippen molar-refractivity contribution in [3.63, 3.8) is 0 Å². The molecule has 1 unspecified atom stereocenters. The minimum Gasteiger partial charge on any atom is -0.379 e. The Bertz CT molecular complexity index is 662. The van der Waals surface area contributed by atoms with Gasteiger partial charge >= 0.3 is 0 Å². The Balaban J connectivity index is 2.22. The van der Waals surface area contributed by atoms with Gasteiger partial charge in [-0.05, 0) is 32.9 Å². The molecule has 0 saturated carbocycles. The molecule has 0 spiro atoms. The maximum Gasteiger partial charge on any atom is 0.225 e. The summed E-state index contributed by atoms with van der Waals surface area (Å²) >= 11 is 0. The lowest BCUT2D eigenvalue weighted by Gasteiger charge is -2.32. The molecule has 1 amide bonds. The summed E-state index contributed by atoms with van der Waals surface area (Å²) in [5, 5.41) is 3.24. The Morgan fingerprint density at radius 1 is 1.27 bits per heavy atom. The predicted octanol–water partition coefficient (Wildman–Crippen LogP) is 2.29. The number of hydrogen-bond donors (Lipinski definition) is 1. The van der Waals surface area contributed by atoms with Gasteiger partial charge in [-0.3, -0.25) is 4.79 Å². The van der Waals surface area contributed by atoms with Crippen molar-refractivity contribution in [2.75, 3.05) is 17.6 Å². The molecule has 1 atom stereocenters. The summed E-state index contributed by atoms with van der Waals surface area (Å²) in [5.41, 5.74) is 0.362. The molecule has 1 aromatic carbocycles. The molecule has 1 aliphatic heterocycles. The van der Waals surface area contributed by atoms with E-state index in [9.17, 15) is 13.2 Å². The number of likely N-dealkylation sites (tertiary alicyclic amines) is 1. The molecule has 0 bridgehead atoms. The Kier molecular flexibility index (Phi) is 4.52. The van der Waals surface area contributed by atoms with Crippen molar-refractivity contribution in [1.82, 2.24) is 4.90 Å². The van der Waals surface area contributed by atoms with Gasteiger partial charge in [0, 0.05) is 18.5 Å². The lowest BCUT2D eigenvalue weighted by molar-refractivity contribution is -0.131. The van der Waals surface area contributed by atoms with Crippen molar-refractivity contribution in [2.45, 2.75) is 50.6 Å². The Morgan fingerprint density at radius 3 is 2.45 bits per heavy atom. The van der Waals surface area contributed by atoms with Gasteiger partial charge in [0.25, 0.3) is 0 Å². The van der Waals surface area contributed by atoms with Crippen molar-refractivity contribution in [3.8, 4) is 0 Å². The molecule has 1 fully saturated rings. The molecule has 1 aromatic rings. The lowest BCUT2D eigenvalue weighted by Crippen LogP contribution is -2.43. The molecule has 122 valence electrons. The van der Waals surface area contributed by atoms with Gasteiger partial charge < -0.3 is 10.2 Å². The molecule has 2 rings (SSSR count). The molecule has 22 heavy (non-hydrogen) atoms. The van der Waals surface area contributed by atoms with Gasteiger partial charge in [0.05, 0.1) is 22.4 Å². The van der Waals surface area contributed by atoms with E-state index < -0.39 is 9.84 Å². The van der Waals surface area contributed by atoms with Crippen molar-refractivity contribution in [3.05, 3.63) is 24.3 Å². The highest BCUT2D eigenvalue weighted by atomic mass is 32.2. The van der Waals surface area contributed by atoms with Crippen LogP contribution in [-0.2, 0) is 14.6 Å². The molecule has 0 radical (unpaired) electrons. The first-order valence-electron chi connectivity index (χ1n) is 7.54. The number of carbonyl (C=O) groups is 1. The number of nitrogens with zero attached hydrogens (tertiary/aromatic N) is 1. The standard InChI is InChI=1S/C16H24N2O3S/c1-5-22(20,21)14-9-7-6-8-13(14)17-12-10-15(19)18(11-12)16(2,3)4/h6-9,12,17H,5,10-11H2,1-4H3. The van der Waals surface area contributed by atoms with E-state index in [0.29, 0.717) is 23.5 Å². The third-order valence-electron chi connectivity index (χ3n) is 3.90. The van der Waals surface area contributed by atoms with Crippen LogP contribution in [0.3, 0.4) is 0 Å². The first-order valence-corrected chi connectivity index (χ1v) is 9.19. The second-order valence-corrected chi connectivity index (χ2v) is 8.87. The molecule has 5 nitrogen and oxygen atoms in total. The molecule has 1 N–H and O–H groups in total. The van der Waals surface area contributed by atoms with Crippen LogP contribution >= 0.6 is 0 Å². The highest BCUT2D eigenvalue weighted by Crippen LogP contribution is 2.27. The third-order valence-corrected chi connectivity index (χ3v) is 5.68. The van der Waals surface area contributed by atoms with Crippen molar-refractivity contribution < 1.29 is 13.2 Å². The summed E-state index contributed by atoms with van der Waals surface area (Å²) in [6.07, 6.45) is 0.387. The maximum absolute atomic E-state index is 12.2. The van der Waals surface area contributed by atoms with E-state index in [-0.39, 0.29) is 23.2 Å². The molecular weight excluding hydrogens is 300 g/mol. The molecule has 6 heteroatoms. The van der Waals surface area contributed by atoms with Gasteiger partial charge in [-0.1, -0.05) is 19.1 Å². The molecular formula is C16H24N2O3S. The average molecular weight is 324 g/mol. The lowest BCUT2D eigenvalue weighted by atomic mass is 10.1. The van der Waals surface area contributed by atoms with Gasteiger partial charge in [-0.25, -0.2) is 8.42 Å². The number of hydrogen-bond acceptors (Lipinski definition) is 4. The second-order valence-electron chi connectivity index (χ2n) is 6.62. The van der Waals surface area contributed by atoms with E-state index in [1.54, 1.807) is 31.2 Å². The predicted molar refractivity (Wildman–Crippen MR) is 87.7 cm³/mol. The first-order chi connectivity index (χ1) is 10.1. The van der Waals surface area contributed by atoms with Crippen LogP contribution in [-0.4, -0.2) is 43.1 Å². The number of nitrogens with one attached hydrogen (secondary N) is 1. The SMILES string of the molecule is CCS(=O)(=O)c1ccccc1NC1CC(=O)N(C(C)(C)C)C1. The van der Waals surface area contributed by atoms with E-state index in [1.807, 2.05) is 25.7 Å². The van der Waals surface area contributed by atoms with Crippen molar-refractivity contribution in [1.29, 1.82) is 0 Å². The number of sulfone groups is 1. The van der Waals surface area contributed by atoms with E-state index in [4.69, 9.17) is 0 Å². The topological polar surface area (TPSA) is 66.5 Å². The van der Waals surface area contributed by atoms with Crippen LogP contribution in [0.25, 0.3) is 0 Å². The fraction of sp³-hybridized carbons (Fsp3) is 0.562. The summed E-state index contributed by atoms with van der Waals surface area (Å²) in [6.45, 7) is 8.23. The van der Waals surface area contributed by atoms with Crippen molar-refractivity contribution >= 4 is 21.4 Å². The monoisotopic (exact) mass is 324 g/mol. The Labute approximate surface area is 132 Å². The molecule has 1 aliphatic rings. The van der Waals surface area contributed by atoms with E-state index in [0.717, 1.165) is 0 Å². The fourth-order valence-corrected chi connectivity index (χ4v) is 3.74. The number of anilines is 1. The summed E-state index contributed by atoms with van der Waals surface area (Å²) < 4.78 is 24.3. The number of rotatable bonds is 4. The Morgan fingerprint density at radius 2 is 1.91 bits per heavy atom. The highest BCUT2D eigenvalue weighted by Gasteiger charge is 2.36. The fourth-order valence-electron chi connectivity index (χ4n) is 2.68. The molecule has 0 aromatic heterocycles. The van der Waals surface area contributed by atoms with Gasteiger partial charge in [0.1, 0.15) is 0 Å². The van der Waals surface area contributed by atoms with Gasteiger partial charge in [-0.15, -0.1) is 0 Å². The highest BCUT2D eigenvalue weighted by molar-refractivity contribution is 7.91. The number of carbonyl (C=O) groups excluding carboxylic acids is 1. The van der Waals surface area contributed by atoms with Crippen LogP contribution in [0.1, 0.15) is 34.1 Å². The van der Waals surface area contributed by atoms with Gasteiger partial charge in [-0.2, -0.15) is 0 Å². The number of benzene rings is 1. The summed E-state index contributed by atoms with van der Waals surface area (Å²) in [4.78, 5) is 14.3. The van der Waals surface area contributed by atoms with Crippen LogP contribution in [0.5, 0.6) is 0 Å². The normalized spacial score (nSPS) is 19.5. The summed E-state index contributed by atoms with van der Waals surface area (Å²) in [7, 11) is -3.29. The number of para-hydroxylation sites is 1. The molecule has 0 aliphatic carbocycles. The van der Waals surface area contributed by atoms with Crippen LogP contribution in [0, 0.1) is 0 Å². The zero-order valence-electron chi connectivity index (χ0n) is 13.6. The largest absolute Gasteiger partial charge is 0.379 e. The number of amides is 1. The smallest absolute Gasteiger partial charge is 0.225 e. The average Bonchev–Trinajstić information content (AvgIpc) is 2.80. The molecule has 1 heterocycles. The second kappa shape index (κ2) is 5.91.